The summed E-state index contributed by atoms with van der Waals surface area (Å²) in [6.45, 7) is 4.19. The number of hydrogen-bond acceptors (Lipinski definition) is 4. The molecule has 1 heterocycles. The summed E-state index contributed by atoms with van der Waals surface area (Å²) < 4.78 is 0. The largest absolute Gasteiger partial charge is 0.480 e. The second kappa shape index (κ2) is 4.72. The van der Waals surface area contributed by atoms with Crippen molar-refractivity contribution in [3.05, 3.63) is 16.6 Å². The Labute approximate surface area is 93.6 Å². The van der Waals surface area contributed by atoms with E-state index in [0.717, 1.165) is 5.69 Å². The summed E-state index contributed by atoms with van der Waals surface area (Å²) in [6.07, 6.45) is 0.572. The quantitative estimate of drug-likeness (QED) is 0.835. The van der Waals surface area contributed by atoms with Gasteiger partial charge in [-0.1, -0.05) is 6.92 Å². The maximum atomic E-state index is 11.2. The van der Waals surface area contributed by atoms with Crippen LogP contribution in [0.4, 0.5) is 0 Å². The van der Waals surface area contributed by atoms with Crippen LogP contribution in [-0.4, -0.2) is 33.5 Å². The monoisotopic (exact) mass is 228 g/mol. The number of carboxylic acids is 1. The minimum atomic E-state index is -0.816. The number of carbonyl (C=O) groups is 1. The molecule has 84 valence electrons. The van der Waals surface area contributed by atoms with E-state index in [1.54, 1.807) is 12.4 Å². The van der Waals surface area contributed by atoms with Crippen LogP contribution in [0.1, 0.15) is 26.0 Å². The molecule has 0 bridgehead atoms. The Bertz CT molecular complexity index is 326. The first-order valence-corrected chi connectivity index (χ1v) is 5.76. The van der Waals surface area contributed by atoms with E-state index in [1.807, 2.05) is 24.3 Å². The van der Waals surface area contributed by atoms with Gasteiger partial charge in [0.15, 0.2) is 0 Å². The predicted octanol–water partition coefficient (Wildman–Crippen LogP) is 1.83. The van der Waals surface area contributed by atoms with Crippen LogP contribution in [0.25, 0.3) is 0 Å². The molecule has 4 nitrogen and oxygen atoms in total. The molecule has 1 N–H and O–H groups in total. The summed E-state index contributed by atoms with van der Waals surface area (Å²) in [5.74, 6) is -0.789. The van der Waals surface area contributed by atoms with Gasteiger partial charge in [-0.05, 0) is 20.4 Å². The minimum Gasteiger partial charge on any atom is -0.480 e. The van der Waals surface area contributed by atoms with Crippen molar-refractivity contribution in [3.63, 3.8) is 0 Å². The van der Waals surface area contributed by atoms with E-state index in [1.165, 1.54) is 11.3 Å². The predicted molar refractivity (Wildman–Crippen MR) is 59.9 cm³/mol. The molecule has 0 saturated carbocycles. The average Bonchev–Trinajstić information content (AvgIpc) is 2.68. The molecule has 1 aromatic heterocycles. The SMILES string of the molecule is CCC(C)(C(=O)O)N(C)Cc1cscn1. The molecule has 0 radical (unpaired) electrons. The van der Waals surface area contributed by atoms with Gasteiger partial charge < -0.3 is 5.11 Å². The van der Waals surface area contributed by atoms with Crippen molar-refractivity contribution in [1.82, 2.24) is 9.88 Å². The highest BCUT2D eigenvalue weighted by Gasteiger charge is 2.35. The Balaban J connectivity index is 2.74. The standard InChI is InChI=1S/C10H16N2O2S/c1-4-10(2,9(13)14)12(3)5-8-6-15-7-11-8/h6-7H,4-5H2,1-3H3,(H,13,14). The number of hydrogen-bond donors (Lipinski definition) is 1. The normalized spacial score (nSPS) is 15.2. The zero-order valence-corrected chi connectivity index (χ0v) is 10.0. The maximum absolute atomic E-state index is 11.2. The number of aromatic nitrogens is 1. The molecule has 0 aliphatic heterocycles. The van der Waals surface area contributed by atoms with Crippen LogP contribution < -0.4 is 0 Å². The van der Waals surface area contributed by atoms with Crippen molar-refractivity contribution in [3.8, 4) is 0 Å². The molecule has 0 spiro atoms. The summed E-state index contributed by atoms with van der Waals surface area (Å²) in [5.41, 5.74) is 1.86. The number of carboxylic acid groups (broad SMARTS) is 1. The van der Waals surface area contributed by atoms with Crippen LogP contribution in [0.5, 0.6) is 0 Å². The Morgan fingerprint density at radius 3 is 2.80 bits per heavy atom. The van der Waals surface area contributed by atoms with Crippen molar-refractivity contribution >= 4 is 17.3 Å². The zero-order valence-electron chi connectivity index (χ0n) is 9.23. The number of aliphatic carboxylic acids is 1. The average molecular weight is 228 g/mol. The van der Waals surface area contributed by atoms with Crippen LogP contribution >= 0.6 is 11.3 Å². The van der Waals surface area contributed by atoms with Crippen LogP contribution in [-0.2, 0) is 11.3 Å². The third kappa shape index (κ3) is 2.54. The number of rotatable bonds is 5. The van der Waals surface area contributed by atoms with Crippen molar-refractivity contribution in [2.24, 2.45) is 0 Å². The van der Waals surface area contributed by atoms with E-state index in [4.69, 9.17) is 0 Å². The van der Waals surface area contributed by atoms with Crippen molar-refractivity contribution < 1.29 is 9.90 Å². The maximum Gasteiger partial charge on any atom is 0.323 e. The van der Waals surface area contributed by atoms with Crippen molar-refractivity contribution in [1.29, 1.82) is 0 Å². The smallest absolute Gasteiger partial charge is 0.323 e. The highest BCUT2D eigenvalue weighted by atomic mass is 32.1. The molecule has 0 aromatic carbocycles. The van der Waals surface area contributed by atoms with Gasteiger partial charge in [0, 0.05) is 11.9 Å². The summed E-state index contributed by atoms with van der Waals surface area (Å²) in [6, 6.07) is 0. The van der Waals surface area contributed by atoms with Gasteiger partial charge in [0.25, 0.3) is 0 Å². The molecule has 0 saturated heterocycles. The highest BCUT2D eigenvalue weighted by molar-refractivity contribution is 7.07. The zero-order chi connectivity index (χ0) is 11.5. The third-order valence-corrected chi connectivity index (χ3v) is 3.51. The van der Waals surface area contributed by atoms with Gasteiger partial charge in [0.05, 0.1) is 11.2 Å². The molecule has 0 amide bonds. The summed E-state index contributed by atoms with van der Waals surface area (Å²) in [7, 11) is 1.82. The molecule has 15 heavy (non-hydrogen) atoms. The van der Waals surface area contributed by atoms with Gasteiger partial charge in [0.2, 0.25) is 0 Å². The molecule has 0 aliphatic carbocycles. The molecular weight excluding hydrogens is 212 g/mol. The Morgan fingerprint density at radius 2 is 2.40 bits per heavy atom. The van der Waals surface area contributed by atoms with Gasteiger partial charge in [-0.3, -0.25) is 9.69 Å². The van der Waals surface area contributed by atoms with Gasteiger partial charge in [-0.25, -0.2) is 4.98 Å². The molecular formula is C10H16N2O2S. The minimum absolute atomic E-state index is 0.570. The van der Waals surface area contributed by atoms with Crippen LogP contribution in [0.15, 0.2) is 10.9 Å². The summed E-state index contributed by atoms with van der Waals surface area (Å²) in [4.78, 5) is 17.1. The fourth-order valence-electron chi connectivity index (χ4n) is 1.32. The number of thiazole rings is 1. The topological polar surface area (TPSA) is 53.4 Å². The number of likely N-dealkylation sites (N-methyl/N-ethyl adjacent to an activating group) is 1. The Kier molecular flexibility index (Phi) is 3.82. The Hall–Kier alpha value is -0.940. The van der Waals surface area contributed by atoms with E-state index in [9.17, 15) is 9.90 Å². The lowest BCUT2D eigenvalue weighted by Gasteiger charge is -2.33. The van der Waals surface area contributed by atoms with Gasteiger partial charge in [0.1, 0.15) is 5.54 Å². The van der Waals surface area contributed by atoms with E-state index in [2.05, 4.69) is 4.98 Å². The lowest BCUT2D eigenvalue weighted by Crippen LogP contribution is -2.49. The fourth-order valence-corrected chi connectivity index (χ4v) is 1.87. The lowest BCUT2D eigenvalue weighted by atomic mass is 9.97. The molecule has 1 atom stereocenters. The first-order chi connectivity index (χ1) is 7.00. The van der Waals surface area contributed by atoms with Gasteiger partial charge in [-0.15, -0.1) is 11.3 Å². The van der Waals surface area contributed by atoms with Gasteiger partial charge in [-0.2, -0.15) is 0 Å². The summed E-state index contributed by atoms with van der Waals surface area (Å²) >= 11 is 1.52. The van der Waals surface area contributed by atoms with Crippen LogP contribution in [0.2, 0.25) is 0 Å². The second-order valence-electron chi connectivity index (χ2n) is 3.77. The van der Waals surface area contributed by atoms with Crippen molar-refractivity contribution in [2.45, 2.75) is 32.4 Å². The van der Waals surface area contributed by atoms with Crippen molar-refractivity contribution in [2.75, 3.05) is 7.05 Å². The molecule has 0 fully saturated rings. The molecule has 0 aliphatic rings. The van der Waals surface area contributed by atoms with E-state index < -0.39 is 11.5 Å². The molecule has 1 rings (SSSR count). The van der Waals surface area contributed by atoms with Gasteiger partial charge >= 0.3 is 5.97 Å². The lowest BCUT2D eigenvalue weighted by molar-refractivity contribution is -0.150. The molecule has 1 unspecified atom stereocenters. The van der Waals surface area contributed by atoms with Crippen LogP contribution in [0, 0.1) is 0 Å². The second-order valence-corrected chi connectivity index (χ2v) is 4.49. The summed E-state index contributed by atoms with van der Waals surface area (Å²) in [5, 5.41) is 11.1. The first kappa shape index (κ1) is 12.1. The van der Waals surface area contributed by atoms with E-state index >= 15 is 0 Å². The third-order valence-electron chi connectivity index (χ3n) is 2.87. The first-order valence-electron chi connectivity index (χ1n) is 4.82. The van der Waals surface area contributed by atoms with E-state index in [0.29, 0.717) is 13.0 Å². The van der Waals surface area contributed by atoms with E-state index in [-0.39, 0.29) is 0 Å². The Morgan fingerprint density at radius 1 is 1.73 bits per heavy atom. The number of nitrogens with zero attached hydrogens (tertiary/aromatic N) is 2. The van der Waals surface area contributed by atoms with Crippen LogP contribution in [0.3, 0.4) is 0 Å². The highest BCUT2D eigenvalue weighted by Crippen LogP contribution is 2.20. The fraction of sp³-hybridized carbons (Fsp3) is 0.600. The molecule has 1 aromatic rings. The molecule has 5 heteroatoms.